The maximum Gasteiger partial charge on any atom is 0.417 e. The first-order valence-electron chi connectivity index (χ1n) is 17.8. The van der Waals surface area contributed by atoms with Crippen LogP contribution < -0.4 is 4.74 Å². The van der Waals surface area contributed by atoms with Crippen molar-refractivity contribution in [2.75, 3.05) is 33.3 Å². The lowest BCUT2D eigenvalue weighted by molar-refractivity contribution is -0.138. The number of carbonyl (C=O) groups excluding carboxylic acids is 1. The van der Waals surface area contributed by atoms with Gasteiger partial charge in [0.25, 0.3) is 6.47 Å². The third-order valence-electron chi connectivity index (χ3n) is 10.3. The summed E-state index contributed by atoms with van der Waals surface area (Å²) in [6.45, 7) is 13.4. The van der Waals surface area contributed by atoms with Gasteiger partial charge in [-0.3, -0.25) is 14.6 Å². The monoisotopic (exact) mass is 770 g/mol. The van der Waals surface area contributed by atoms with E-state index in [-0.39, 0.29) is 18.2 Å². The van der Waals surface area contributed by atoms with Crippen molar-refractivity contribution < 1.29 is 37.0 Å². The van der Waals surface area contributed by atoms with E-state index in [1.165, 1.54) is 19.3 Å². The second-order valence-corrected chi connectivity index (χ2v) is 14.3. The van der Waals surface area contributed by atoms with Crippen molar-refractivity contribution in [2.24, 2.45) is 0 Å². The highest BCUT2D eigenvalue weighted by Gasteiger charge is 2.34. The minimum Gasteiger partial charge on any atom is -0.496 e. The molecule has 0 aliphatic carbocycles. The summed E-state index contributed by atoms with van der Waals surface area (Å²) in [5.41, 5.74) is 5.17. The summed E-state index contributed by atoms with van der Waals surface area (Å²) in [5, 5.41) is 10.3. The van der Waals surface area contributed by atoms with Gasteiger partial charge in [0, 0.05) is 56.0 Å². The van der Waals surface area contributed by atoms with Crippen LogP contribution in [-0.4, -0.2) is 71.9 Å². The Hall–Kier alpha value is -5.19. The SMILES string of the molecule is [C-]#[N+]c1cc(CN2CC[C@@H](OC=O)C2)cc2nc(-c3cccc(-c4cccc(/C=C/c5cc(OC)c(CN6CC[C@@H](O)C6)cc5C(F)(F)F)c4Cl)c3C)oc12. The van der Waals surface area contributed by atoms with Crippen molar-refractivity contribution in [1.82, 2.24) is 14.8 Å². The average molecular weight is 771 g/mol. The van der Waals surface area contributed by atoms with Gasteiger partial charge >= 0.3 is 6.18 Å². The Kier molecular flexibility index (Phi) is 11.0. The number of carbonyl (C=O) groups is 1. The van der Waals surface area contributed by atoms with Gasteiger partial charge in [0.1, 0.15) is 11.9 Å². The summed E-state index contributed by atoms with van der Waals surface area (Å²) >= 11 is 6.99. The molecule has 9 nitrogen and oxygen atoms in total. The van der Waals surface area contributed by atoms with Crippen molar-refractivity contribution in [1.29, 1.82) is 0 Å². The zero-order valence-corrected chi connectivity index (χ0v) is 31.0. The van der Waals surface area contributed by atoms with Gasteiger partial charge in [0.15, 0.2) is 5.58 Å². The van der Waals surface area contributed by atoms with Crippen LogP contribution in [0.25, 0.3) is 50.7 Å². The second kappa shape index (κ2) is 15.9. The van der Waals surface area contributed by atoms with Crippen LogP contribution in [0.4, 0.5) is 18.9 Å². The minimum absolute atomic E-state index is 0.0661. The molecule has 0 radical (unpaired) electrons. The molecular formula is C42H38ClF3N4O5. The van der Waals surface area contributed by atoms with E-state index in [1.54, 1.807) is 24.3 Å². The summed E-state index contributed by atoms with van der Waals surface area (Å²) < 4.78 is 60.1. The molecule has 1 aromatic heterocycles. The number of methoxy groups -OCH3 is 1. The maximum atomic E-state index is 14.4. The van der Waals surface area contributed by atoms with Gasteiger partial charge < -0.3 is 19.0 Å². The molecule has 0 spiro atoms. The molecule has 2 saturated heterocycles. The number of rotatable bonds is 11. The standard InChI is InChI=1S/C42H38ClF3N4O5/c1-25-32(7-5-8-33(25)41-48-37-17-26(16-36(47-2)40(37)55-41)20-49-15-13-31(23-49)54-24-51)34-9-4-6-27(39(34)43)10-11-28-19-38(53-3)29(18-35(28)42(44,45)46)21-50-14-12-30(52)22-50/h4-11,16-19,24,30-31,52H,12-15,20-23H2,1,3H3/b11-10+/t30-,31-/m1/s1. The molecule has 2 aliphatic heterocycles. The maximum absolute atomic E-state index is 14.4. The largest absolute Gasteiger partial charge is 0.496 e. The number of nitrogens with zero attached hydrogens (tertiary/aromatic N) is 4. The summed E-state index contributed by atoms with van der Waals surface area (Å²) in [5.74, 6) is 0.661. The lowest BCUT2D eigenvalue weighted by Crippen LogP contribution is -2.22. The van der Waals surface area contributed by atoms with Gasteiger partial charge in [-0.05, 0) is 77.9 Å². The van der Waals surface area contributed by atoms with Gasteiger partial charge in [-0.2, -0.15) is 13.2 Å². The first kappa shape index (κ1) is 38.1. The fourth-order valence-corrected chi connectivity index (χ4v) is 7.80. The molecule has 0 amide bonds. The Morgan fingerprint density at radius 1 is 1.00 bits per heavy atom. The van der Waals surface area contributed by atoms with E-state index >= 15 is 0 Å². The Bertz CT molecular complexity index is 2320. The molecule has 0 unspecified atom stereocenters. The average Bonchev–Trinajstić information content (AvgIpc) is 3.91. The van der Waals surface area contributed by atoms with Crippen LogP contribution in [0.15, 0.2) is 65.1 Å². The Labute approximate surface area is 321 Å². The van der Waals surface area contributed by atoms with Crippen molar-refractivity contribution in [2.45, 2.75) is 51.2 Å². The highest BCUT2D eigenvalue weighted by atomic mass is 35.5. The Morgan fingerprint density at radius 3 is 2.45 bits per heavy atom. The van der Waals surface area contributed by atoms with E-state index in [4.69, 9.17) is 37.0 Å². The van der Waals surface area contributed by atoms with E-state index in [0.29, 0.717) is 94.8 Å². The molecule has 2 aliphatic rings. The number of oxazole rings is 1. The van der Waals surface area contributed by atoms with Crippen LogP contribution in [0.2, 0.25) is 5.02 Å². The molecule has 13 heteroatoms. The molecule has 1 N–H and O–H groups in total. The molecule has 7 rings (SSSR count). The molecule has 2 atom stereocenters. The quantitative estimate of drug-likeness (QED) is 0.0808. The summed E-state index contributed by atoms with van der Waals surface area (Å²) in [4.78, 5) is 23.3. The van der Waals surface area contributed by atoms with Crippen molar-refractivity contribution >= 4 is 47.0 Å². The van der Waals surface area contributed by atoms with Crippen LogP contribution in [0, 0.1) is 13.5 Å². The van der Waals surface area contributed by atoms with Gasteiger partial charge in [-0.15, -0.1) is 0 Å². The van der Waals surface area contributed by atoms with E-state index in [9.17, 15) is 23.1 Å². The Balaban J connectivity index is 1.18. The summed E-state index contributed by atoms with van der Waals surface area (Å²) in [6.07, 6.45) is -0.989. The molecule has 0 saturated carbocycles. The summed E-state index contributed by atoms with van der Waals surface area (Å²) in [6, 6.07) is 17.2. The third-order valence-corrected chi connectivity index (χ3v) is 10.7. The number of β-amino-alcohol motifs (C(OH)–C–C–N with tert-alkyl or cyclic N) is 1. The number of alkyl halides is 3. The fourth-order valence-electron chi connectivity index (χ4n) is 7.51. The Morgan fingerprint density at radius 2 is 1.73 bits per heavy atom. The minimum atomic E-state index is -4.62. The molecule has 0 bridgehead atoms. The van der Waals surface area contributed by atoms with Crippen LogP contribution in [0.3, 0.4) is 0 Å². The molecule has 284 valence electrons. The first-order chi connectivity index (χ1) is 26.4. The van der Waals surface area contributed by atoms with Crippen LogP contribution in [0.5, 0.6) is 5.75 Å². The van der Waals surface area contributed by atoms with E-state index in [1.807, 2.05) is 42.2 Å². The topological polar surface area (TPSA) is 92.6 Å². The number of aliphatic hydroxyl groups excluding tert-OH is 1. The number of aromatic nitrogens is 1. The third kappa shape index (κ3) is 8.11. The highest BCUT2D eigenvalue weighted by molar-refractivity contribution is 6.35. The number of likely N-dealkylation sites (tertiary alicyclic amines) is 2. The molecule has 3 heterocycles. The molecular weight excluding hydrogens is 733 g/mol. The lowest BCUT2D eigenvalue weighted by atomic mass is 9.94. The molecule has 2 fully saturated rings. The zero-order chi connectivity index (χ0) is 38.9. The number of aliphatic hydroxyl groups is 1. The molecule has 55 heavy (non-hydrogen) atoms. The normalized spacial score (nSPS) is 18.0. The molecule has 4 aromatic carbocycles. The van der Waals surface area contributed by atoms with Crippen molar-refractivity contribution in [3.05, 3.63) is 110 Å². The number of fused-ring (bicyclic) bond motifs is 1. The van der Waals surface area contributed by atoms with Gasteiger partial charge in [0.05, 0.1) is 35.9 Å². The van der Waals surface area contributed by atoms with Crippen LogP contribution >= 0.6 is 11.6 Å². The van der Waals surface area contributed by atoms with Crippen LogP contribution in [0.1, 0.15) is 46.2 Å². The van der Waals surface area contributed by atoms with Gasteiger partial charge in [0.2, 0.25) is 11.6 Å². The van der Waals surface area contributed by atoms with E-state index in [0.717, 1.165) is 35.7 Å². The fraction of sp³-hybridized carbons (Fsp3) is 0.310. The van der Waals surface area contributed by atoms with Crippen molar-refractivity contribution in [3.8, 4) is 28.3 Å². The lowest BCUT2D eigenvalue weighted by Gasteiger charge is -2.20. The smallest absolute Gasteiger partial charge is 0.417 e. The number of benzene rings is 4. The second-order valence-electron chi connectivity index (χ2n) is 13.9. The van der Waals surface area contributed by atoms with Crippen molar-refractivity contribution in [3.63, 3.8) is 0 Å². The zero-order valence-electron chi connectivity index (χ0n) is 30.2. The number of hydrogen-bond acceptors (Lipinski definition) is 8. The number of ether oxygens (including phenoxy) is 2. The van der Waals surface area contributed by atoms with Gasteiger partial charge in [-0.25, -0.2) is 9.83 Å². The first-order valence-corrected chi connectivity index (χ1v) is 18.2. The van der Waals surface area contributed by atoms with Gasteiger partial charge in [-0.1, -0.05) is 54.1 Å². The highest BCUT2D eigenvalue weighted by Crippen LogP contribution is 2.41. The predicted molar refractivity (Wildman–Crippen MR) is 205 cm³/mol. The number of hydrogen-bond donors (Lipinski definition) is 1. The van der Waals surface area contributed by atoms with Crippen LogP contribution in [-0.2, 0) is 28.8 Å². The number of halogens is 4. The summed E-state index contributed by atoms with van der Waals surface area (Å²) in [7, 11) is 1.43. The molecule has 5 aromatic rings. The van der Waals surface area contributed by atoms with E-state index in [2.05, 4.69) is 9.74 Å². The predicted octanol–water partition coefficient (Wildman–Crippen LogP) is 9.19. The van der Waals surface area contributed by atoms with E-state index < -0.39 is 17.8 Å².